The molecule has 0 spiro atoms. The minimum absolute atomic E-state index is 0.00732. The van der Waals surface area contributed by atoms with Crippen LogP contribution < -0.4 is 4.74 Å². The summed E-state index contributed by atoms with van der Waals surface area (Å²) in [5.41, 5.74) is -0.0154. The highest BCUT2D eigenvalue weighted by Gasteiger charge is 2.44. The number of hydrogen-bond acceptors (Lipinski definition) is 8. The Morgan fingerprint density at radius 2 is 1.95 bits per heavy atom. The molecule has 1 saturated heterocycles. The fourth-order valence-corrected chi connectivity index (χ4v) is 5.61. The first-order valence-corrected chi connectivity index (χ1v) is 14.5. The molecule has 44 heavy (non-hydrogen) atoms. The van der Waals surface area contributed by atoms with Gasteiger partial charge in [-0.1, -0.05) is 0 Å². The molecule has 2 aliphatic heterocycles. The maximum absolute atomic E-state index is 14.9. The number of imidazole rings is 1. The Labute approximate surface area is 251 Å². The van der Waals surface area contributed by atoms with E-state index < -0.39 is 35.9 Å². The lowest BCUT2D eigenvalue weighted by molar-refractivity contribution is -0.0370. The number of ether oxygens (including phenoxy) is 2. The number of nitriles is 1. The number of carboxylic acid groups (broad SMARTS) is 1. The van der Waals surface area contributed by atoms with Crippen LogP contribution in [0, 0.1) is 28.4 Å². The predicted octanol–water partition coefficient (Wildman–Crippen LogP) is 4.89. The predicted molar refractivity (Wildman–Crippen MR) is 155 cm³/mol. The largest absolute Gasteiger partial charge is 0.483 e. The molecule has 10 nitrogen and oxygen atoms in total. The minimum Gasteiger partial charge on any atom is -0.483 e. The third kappa shape index (κ3) is 6.46. The molecule has 0 bridgehead atoms. The molecule has 1 saturated carbocycles. The molecular formula is C31H31F3N6O4. The van der Waals surface area contributed by atoms with Gasteiger partial charge in [0.25, 0.3) is 0 Å². The number of carbonyl (C=O) groups is 1. The van der Waals surface area contributed by atoms with E-state index >= 15 is 0 Å². The van der Waals surface area contributed by atoms with Crippen molar-refractivity contribution in [2.75, 3.05) is 26.4 Å². The van der Waals surface area contributed by atoms with Crippen molar-refractivity contribution in [3.05, 3.63) is 58.9 Å². The van der Waals surface area contributed by atoms with E-state index in [4.69, 9.17) is 14.7 Å². The fourth-order valence-electron chi connectivity index (χ4n) is 5.61. The van der Waals surface area contributed by atoms with Gasteiger partial charge in [-0.15, -0.1) is 0 Å². The summed E-state index contributed by atoms with van der Waals surface area (Å²) in [6.07, 6.45) is 4.58. The topological polar surface area (TPSA) is 125 Å². The van der Waals surface area contributed by atoms with Crippen LogP contribution >= 0.6 is 0 Å². The number of benzene rings is 2. The molecule has 1 N–H and O–H groups in total. The molecule has 230 valence electrons. The maximum atomic E-state index is 14.9. The first kappa shape index (κ1) is 29.8. The molecule has 3 aromatic rings. The number of piperidine rings is 1. The lowest BCUT2D eigenvalue weighted by Gasteiger charge is -2.33. The molecule has 1 atom stereocenters. The highest BCUT2D eigenvalue weighted by atomic mass is 19.1. The van der Waals surface area contributed by atoms with E-state index in [1.54, 1.807) is 10.8 Å². The SMILES string of the molecule is N#Cc1ccc(OCC2=NC(OC3CCN(Cc4nc5c(F)cc(C(=O)O)cc5n4CC4(CF)CC4)CC3)CC=N2)c(F)c1. The van der Waals surface area contributed by atoms with Gasteiger partial charge in [0.2, 0.25) is 0 Å². The standard InChI is InChI=1S/C31H31F3N6O4/c32-17-31(6-7-31)18-40-24-13-20(30(41)42)12-23(34)29(24)38-27(40)15-39-9-4-21(5-10-39)44-28-3-8-36-26(37-28)16-43-25-2-1-19(14-35)11-22(25)33/h1-2,8,11-13,21,28H,3-7,9-10,15-18H2,(H,41,42). The first-order valence-electron chi connectivity index (χ1n) is 14.5. The summed E-state index contributed by atoms with van der Waals surface area (Å²) in [5, 5.41) is 18.3. The van der Waals surface area contributed by atoms with E-state index in [1.807, 2.05) is 6.07 Å². The Balaban J connectivity index is 1.07. The van der Waals surface area contributed by atoms with Crippen molar-refractivity contribution in [2.24, 2.45) is 15.4 Å². The third-order valence-corrected chi connectivity index (χ3v) is 8.37. The van der Waals surface area contributed by atoms with Crippen LogP contribution in [0.15, 0.2) is 40.3 Å². The average molecular weight is 609 g/mol. The molecule has 0 amide bonds. The zero-order valence-electron chi connectivity index (χ0n) is 23.9. The van der Waals surface area contributed by atoms with Gasteiger partial charge >= 0.3 is 5.97 Å². The van der Waals surface area contributed by atoms with E-state index in [0.29, 0.717) is 49.8 Å². The molecule has 6 rings (SSSR count). The zero-order chi connectivity index (χ0) is 30.8. The van der Waals surface area contributed by atoms with Gasteiger partial charge < -0.3 is 19.1 Å². The van der Waals surface area contributed by atoms with E-state index in [2.05, 4.69) is 19.9 Å². The van der Waals surface area contributed by atoms with Gasteiger partial charge in [-0.25, -0.2) is 28.5 Å². The van der Waals surface area contributed by atoms with Crippen molar-refractivity contribution < 1.29 is 32.5 Å². The van der Waals surface area contributed by atoms with Crippen LogP contribution in [0.2, 0.25) is 0 Å². The molecule has 3 heterocycles. The van der Waals surface area contributed by atoms with Crippen LogP contribution in [0.5, 0.6) is 5.75 Å². The number of hydrogen-bond donors (Lipinski definition) is 1. The van der Waals surface area contributed by atoms with Crippen LogP contribution in [0.1, 0.15) is 53.8 Å². The molecule has 1 aliphatic carbocycles. The number of aromatic carboxylic acids is 1. The summed E-state index contributed by atoms with van der Waals surface area (Å²) in [6.45, 7) is 1.56. The van der Waals surface area contributed by atoms with Crippen molar-refractivity contribution in [1.29, 1.82) is 5.26 Å². The highest BCUT2D eigenvalue weighted by molar-refractivity contribution is 5.93. The van der Waals surface area contributed by atoms with Gasteiger partial charge in [-0.05, 0) is 56.0 Å². The average Bonchev–Trinajstić information content (AvgIpc) is 3.72. The van der Waals surface area contributed by atoms with Crippen LogP contribution in [-0.4, -0.2) is 76.3 Å². The number of carboxylic acids is 1. The number of likely N-dealkylation sites (tertiary alicyclic amines) is 1. The van der Waals surface area contributed by atoms with Crippen molar-refractivity contribution in [3.63, 3.8) is 0 Å². The Hall–Kier alpha value is -4.28. The van der Waals surface area contributed by atoms with Crippen molar-refractivity contribution >= 4 is 29.1 Å². The van der Waals surface area contributed by atoms with Gasteiger partial charge in [-0.2, -0.15) is 5.26 Å². The summed E-state index contributed by atoms with van der Waals surface area (Å²) in [6, 6.07) is 8.24. The number of aromatic nitrogens is 2. The monoisotopic (exact) mass is 608 g/mol. The second-order valence-electron chi connectivity index (χ2n) is 11.6. The van der Waals surface area contributed by atoms with Crippen LogP contribution in [0.25, 0.3) is 11.0 Å². The fraction of sp³-hybridized carbons (Fsp3) is 0.452. The van der Waals surface area contributed by atoms with Crippen molar-refractivity contribution in [3.8, 4) is 11.8 Å². The number of amidine groups is 1. The molecule has 13 heteroatoms. The molecule has 3 aliphatic rings. The van der Waals surface area contributed by atoms with Crippen molar-refractivity contribution in [2.45, 2.75) is 57.5 Å². The number of nitrogens with zero attached hydrogens (tertiary/aromatic N) is 6. The molecule has 0 radical (unpaired) electrons. The normalized spacial score (nSPS) is 20.0. The van der Waals surface area contributed by atoms with Gasteiger partial charge in [0, 0.05) is 37.7 Å². The second-order valence-corrected chi connectivity index (χ2v) is 11.6. The maximum Gasteiger partial charge on any atom is 0.335 e. The Kier molecular flexibility index (Phi) is 8.38. The van der Waals surface area contributed by atoms with E-state index in [1.165, 1.54) is 18.2 Å². The minimum atomic E-state index is -1.23. The first-order chi connectivity index (χ1) is 21.3. The summed E-state index contributed by atoms with van der Waals surface area (Å²) >= 11 is 0. The summed E-state index contributed by atoms with van der Waals surface area (Å²) in [4.78, 5) is 27.1. The van der Waals surface area contributed by atoms with Gasteiger partial charge in [0.1, 0.15) is 17.9 Å². The molecule has 2 aromatic carbocycles. The third-order valence-electron chi connectivity index (χ3n) is 8.37. The summed E-state index contributed by atoms with van der Waals surface area (Å²) < 4.78 is 56.4. The van der Waals surface area contributed by atoms with Crippen LogP contribution in [-0.2, 0) is 17.8 Å². The number of fused-ring (bicyclic) bond motifs is 1. The van der Waals surface area contributed by atoms with Gasteiger partial charge in [-0.3, -0.25) is 9.29 Å². The highest BCUT2D eigenvalue weighted by Crippen LogP contribution is 2.48. The van der Waals surface area contributed by atoms with Gasteiger partial charge in [0.15, 0.2) is 29.4 Å². The van der Waals surface area contributed by atoms with Crippen molar-refractivity contribution in [1.82, 2.24) is 14.5 Å². The van der Waals surface area contributed by atoms with E-state index in [9.17, 15) is 23.1 Å². The molecule has 1 unspecified atom stereocenters. The quantitative estimate of drug-likeness (QED) is 0.329. The van der Waals surface area contributed by atoms with Gasteiger partial charge in [0.05, 0.1) is 42.0 Å². The lowest BCUT2D eigenvalue weighted by Crippen LogP contribution is -2.39. The number of rotatable bonds is 11. The van der Waals surface area contributed by atoms with Crippen LogP contribution in [0.3, 0.4) is 0 Å². The Morgan fingerprint density at radius 3 is 2.64 bits per heavy atom. The lowest BCUT2D eigenvalue weighted by atomic mass is 10.1. The van der Waals surface area contributed by atoms with E-state index in [-0.39, 0.29) is 35.1 Å². The zero-order valence-corrected chi connectivity index (χ0v) is 23.9. The Morgan fingerprint density at radius 1 is 1.16 bits per heavy atom. The summed E-state index contributed by atoms with van der Waals surface area (Å²) in [5.74, 6) is -1.61. The number of aliphatic imine (C=N–C) groups is 2. The number of halogens is 3. The molecular weight excluding hydrogens is 577 g/mol. The Bertz CT molecular complexity index is 1670. The van der Waals surface area contributed by atoms with E-state index in [0.717, 1.165) is 37.8 Å². The molecule has 2 fully saturated rings. The number of alkyl halides is 1. The smallest absolute Gasteiger partial charge is 0.335 e. The summed E-state index contributed by atoms with van der Waals surface area (Å²) in [7, 11) is 0. The van der Waals surface area contributed by atoms with Crippen LogP contribution in [0.4, 0.5) is 13.2 Å². The second kappa shape index (κ2) is 12.4. The molecule has 1 aromatic heterocycles.